The molecule has 2 heterocycles. The largest absolute Gasteiger partial charge is 0.454 e. The minimum Gasteiger partial charge on any atom is -0.454 e. The van der Waals surface area contributed by atoms with E-state index >= 15 is 0 Å². The predicted octanol–water partition coefficient (Wildman–Crippen LogP) is 0.180. The molecule has 4 N–H and O–H groups in total. The van der Waals surface area contributed by atoms with Crippen LogP contribution in [0.1, 0.15) is 40.0 Å². The summed E-state index contributed by atoms with van der Waals surface area (Å²) in [7, 11) is 0. The second-order valence-electron chi connectivity index (χ2n) is 8.92. The van der Waals surface area contributed by atoms with Gasteiger partial charge in [0.2, 0.25) is 0 Å². The van der Waals surface area contributed by atoms with Gasteiger partial charge in [-0.1, -0.05) is 11.6 Å². The van der Waals surface area contributed by atoms with Gasteiger partial charge in [0.05, 0.1) is 12.2 Å². The number of aliphatic hydroxyl groups excluding tert-OH is 4. The van der Waals surface area contributed by atoms with E-state index in [4.69, 9.17) is 14.2 Å². The van der Waals surface area contributed by atoms with Crippen molar-refractivity contribution in [2.45, 2.75) is 82.4 Å². The summed E-state index contributed by atoms with van der Waals surface area (Å²) in [6, 6.07) is 0. The molecule has 0 spiro atoms. The summed E-state index contributed by atoms with van der Waals surface area (Å²) in [4.78, 5) is 12.1. The molecule has 162 valence electrons. The third-order valence-electron chi connectivity index (χ3n) is 7.25. The Kier molecular flexibility index (Phi) is 5.38. The summed E-state index contributed by atoms with van der Waals surface area (Å²) in [6.07, 6.45) is -2.77. The third kappa shape index (κ3) is 3.26. The Hall–Kier alpha value is -1.29. The van der Waals surface area contributed by atoms with Crippen molar-refractivity contribution >= 4 is 5.97 Å². The maximum atomic E-state index is 12.1. The molecule has 2 aliphatic heterocycles. The number of allylic oxidation sites excluding steroid dienone is 1. The summed E-state index contributed by atoms with van der Waals surface area (Å²) < 4.78 is 17.6. The van der Waals surface area contributed by atoms with Crippen molar-refractivity contribution < 1.29 is 39.4 Å². The SMILES string of the molecule is CC1=CC[C@H]2[C@@H]1[C@@H]1OC(=O)C(C)=C1CC[C@]2(C)OC1OC(CO)C(O)C(O)C1O. The van der Waals surface area contributed by atoms with E-state index in [1.54, 1.807) is 6.92 Å². The second-order valence-corrected chi connectivity index (χ2v) is 8.92. The van der Waals surface area contributed by atoms with Gasteiger partial charge in [-0.3, -0.25) is 0 Å². The maximum Gasteiger partial charge on any atom is 0.334 e. The van der Waals surface area contributed by atoms with Crippen LogP contribution in [0.15, 0.2) is 22.8 Å². The molecular formula is C21H30O8. The van der Waals surface area contributed by atoms with Crippen molar-refractivity contribution in [1.82, 2.24) is 0 Å². The van der Waals surface area contributed by atoms with Crippen molar-refractivity contribution in [2.24, 2.45) is 11.8 Å². The molecule has 0 bridgehead atoms. The van der Waals surface area contributed by atoms with Gasteiger partial charge in [-0.05, 0) is 45.6 Å². The van der Waals surface area contributed by atoms with Gasteiger partial charge in [0.25, 0.3) is 0 Å². The zero-order chi connectivity index (χ0) is 21.1. The van der Waals surface area contributed by atoms with Crippen LogP contribution in [0.5, 0.6) is 0 Å². The molecule has 8 heteroatoms. The second kappa shape index (κ2) is 7.44. The predicted molar refractivity (Wildman–Crippen MR) is 100 cm³/mol. The molecule has 5 unspecified atom stereocenters. The fraction of sp³-hybridized carbons (Fsp3) is 0.762. The number of carbonyl (C=O) groups excluding carboxylic acids is 1. The van der Waals surface area contributed by atoms with Gasteiger partial charge in [0, 0.05) is 17.4 Å². The molecule has 0 radical (unpaired) electrons. The van der Waals surface area contributed by atoms with Crippen LogP contribution in [0.25, 0.3) is 0 Å². The lowest BCUT2D eigenvalue weighted by atomic mass is 9.76. The molecule has 2 fully saturated rings. The van der Waals surface area contributed by atoms with Crippen LogP contribution >= 0.6 is 0 Å². The van der Waals surface area contributed by atoms with Crippen LogP contribution in [0.2, 0.25) is 0 Å². The number of ether oxygens (including phenoxy) is 3. The van der Waals surface area contributed by atoms with Crippen molar-refractivity contribution in [3.05, 3.63) is 22.8 Å². The zero-order valence-electron chi connectivity index (χ0n) is 16.9. The molecule has 0 amide bonds. The Balaban J connectivity index is 1.63. The summed E-state index contributed by atoms with van der Waals surface area (Å²) >= 11 is 0. The lowest BCUT2D eigenvalue weighted by Crippen LogP contribution is -2.61. The van der Waals surface area contributed by atoms with Crippen LogP contribution in [0.4, 0.5) is 0 Å². The number of aliphatic hydroxyl groups is 4. The first-order valence-corrected chi connectivity index (χ1v) is 10.2. The highest BCUT2D eigenvalue weighted by molar-refractivity contribution is 5.91. The molecule has 4 rings (SSSR count). The molecule has 1 saturated carbocycles. The van der Waals surface area contributed by atoms with Gasteiger partial charge in [-0.2, -0.15) is 0 Å². The molecule has 0 aromatic carbocycles. The Labute approximate surface area is 169 Å². The van der Waals surface area contributed by atoms with E-state index in [-0.39, 0.29) is 23.9 Å². The molecule has 1 saturated heterocycles. The lowest BCUT2D eigenvalue weighted by molar-refractivity contribution is -0.332. The maximum absolute atomic E-state index is 12.1. The van der Waals surface area contributed by atoms with Crippen LogP contribution in [0, 0.1) is 11.8 Å². The summed E-state index contributed by atoms with van der Waals surface area (Å²) in [5, 5.41) is 40.0. The Morgan fingerprint density at radius 3 is 2.62 bits per heavy atom. The Morgan fingerprint density at radius 2 is 1.93 bits per heavy atom. The molecule has 0 aromatic heterocycles. The number of hydrogen-bond acceptors (Lipinski definition) is 8. The minimum absolute atomic E-state index is 0.00364. The van der Waals surface area contributed by atoms with E-state index < -0.39 is 42.9 Å². The number of carbonyl (C=O) groups is 1. The van der Waals surface area contributed by atoms with Gasteiger partial charge < -0.3 is 34.6 Å². The first kappa shape index (κ1) is 21.0. The topological polar surface area (TPSA) is 126 Å². The quantitative estimate of drug-likeness (QED) is 0.384. The molecule has 8 nitrogen and oxygen atoms in total. The zero-order valence-corrected chi connectivity index (χ0v) is 16.9. The number of fused-ring (bicyclic) bond motifs is 3. The summed E-state index contributed by atoms with van der Waals surface area (Å²) in [5.74, 6) is -0.290. The van der Waals surface area contributed by atoms with Crippen molar-refractivity contribution in [2.75, 3.05) is 6.61 Å². The minimum atomic E-state index is -1.48. The standard InChI is InChI=1S/C21H30O8/c1-9-4-5-12-14(9)18-11(10(2)19(26)28-18)6-7-21(12,3)29-20-17(25)16(24)15(23)13(8-22)27-20/h4,12-18,20,22-25H,5-8H2,1-3H3/t12-,13?,14+,15?,16?,17?,18+,20?,21-/m0/s1. The monoisotopic (exact) mass is 410 g/mol. The average molecular weight is 410 g/mol. The van der Waals surface area contributed by atoms with E-state index in [2.05, 4.69) is 6.08 Å². The fourth-order valence-corrected chi connectivity index (χ4v) is 5.38. The molecule has 29 heavy (non-hydrogen) atoms. The van der Waals surface area contributed by atoms with Crippen molar-refractivity contribution in [3.63, 3.8) is 0 Å². The van der Waals surface area contributed by atoms with E-state index in [9.17, 15) is 25.2 Å². The van der Waals surface area contributed by atoms with E-state index in [1.165, 1.54) is 0 Å². The van der Waals surface area contributed by atoms with Crippen LogP contribution in [0.3, 0.4) is 0 Å². The number of esters is 1. The van der Waals surface area contributed by atoms with Crippen LogP contribution in [-0.4, -0.2) is 75.4 Å². The number of rotatable bonds is 3. The molecule has 4 aliphatic rings. The Morgan fingerprint density at radius 1 is 1.21 bits per heavy atom. The third-order valence-corrected chi connectivity index (χ3v) is 7.25. The van der Waals surface area contributed by atoms with Gasteiger partial charge >= 0.3 is 5.97 Å². The van der Waals surface area contributed by atoms with Gasteiger partial charge in [0.15, 0.2) is 6.29 Å². The highest BCUT2D eigenvalue weighted by atomic mass is 16.7. The van der Waals surface area contributed by atoms with Gasteiger partial charge in [-0.25, -0.2) is 4.79 Å². The van der Waals surface area contributed by atoms with E-state index in [0.717, 1.165) is 17.6 Å². The van der Waals surface area contributed by atoms with Gasteiger partial charge in [-0.15, -0.1) is 0 Å². The molecule has 0 aromatic rings. The van der Waals surface area contributed by atoms with Crippen molar-refractivity contribution in [1.29, 1.82) is 0 Å². The summed E-state index contributed by atoms with van der Waals surface area (Å²) in [6.45, 7) is 5.28. The smallest absolute Gasteiger partial charge is 0.334 e. The first-order chi connectivity index (χ1) is 13.7. The highest BCUT2D eigenvalue weighted by Gasteiger charge is 2.55. The van der Waals surface area contributed by atoms with Gasteiger partial charge in [0.1, 0.15) is 30.5 Å². The van der Waals surface area contributed by atoms with Crippen molar-refractivity contribution in [3.8, 4) is 0 Å². The molecule has 9 atom stereocenters. The molecule has 2 aliphatic carbocycles. The molecular weight excluding hydrogens is 380 g/mol. The summed E-state index contributed by atoms with van der Waals surface area (Å²) in [5.41, 5.74) is 2.08. The Bertz CT molecular complexity index is 743. The normalized spacial score (nSPS) is 47.4. The van der Waals surface area contributed by atoms with Crippen LogP contribution in [-0.2, 0) is 19.0 Å². The van der Waals surface area contributed by atoms with Crippen LogP contribution < -0.4 is 0 Å². The first-order valence-electron chi connectivity index (χ1n) is 10.2. The van der Waals surface area contributed by atoms with E-state index in [0.29, 0.717) is 18.4 Å². The van der Waals surface area contributed by atoms with E-state index in [1.807, 2.05) is 13.8 Å². The average Bonchev–Trinajstić information content (AvgIpc) is 3.17. The highest BCUT2D eigenvalue weighted by Crippen LogP contribution is 2.52. The number of hydrogen-bond donors (Lipinski definition) is 4. The lowest BCUT2D eigenvalue weighted by Gasteiger charge is -2.46. The fourth-order valence-electron chi connectivity index (χ4n) is 5.38.